The number of benzene rings is 3. The highest BCUT2D eigenvalue weighted by Gasteiger charge is 2.39. The van der Waals surface area contributed by atoms with Crippen molar-refractivity contribution in [2.75, 3.05) is 19.6 Å². The third kappa shape index (κ3) is 14.8. The Balaban J connectivity index is 1.49. The van der Waals surface area contributed by atoms with Crippen molar-refractivity contribution < 1.29 is 28.9 Å². The zero-order valence-electron chi connectivity index (χ0n) is 34.3. The number of nitrogens with zero attached hydrogens (tertiary/aromatic N) is 1. The van der Waals surface area contributed by atoms with Gasteiger partial charge in [0.05, 0.1) is 18.8 Å². The van der Waals surface area contributed by atoms with E-state index in [0.29, 0.717) is 6.54 Å². The lowest BCUT2D eigenvalue weighted by Gasteiger charge is -2.43. The average molecular weight is 757 g/mol. The molecule has 0 bridgehead atoms. The van der Waals surface area contributed by atoms with E-state index in [1.165, 1.54) is 84.0 Å². The number of carbonyl (C=O) groups is 2. The summed E-state index contributed by atoms with van der Waals surface area (Å²) in [6, 6.07) is 24.6. The van der Waals surface area contributed by atoms with E-state index in [0.717, 1.165) is 53.0 Å². The van der Waals surface area contributed by atoms with Crippen LogP contribution in [0.25, 0.3) is 11.1 Å². The standard InChI is InChI=1S/C47H68N2O6/c1-6-8-10-12-14-16-29-49(30-17-15-13-11-9-7-2)33-44-35(3)45(41-23-21-38(34-50)22-24-41)55-47(54-44)42-27-25-40(26-28-42)43-20-18-19-39(31-43)32-48-46(52)36(4)53-37(5)51/h18-28,31,35-36,44-45,47,50H,6-17,29-30,32-34H2,1-5H3,(H,48,52). The molecule has 8 nitrogen and oxygen atoms in total. The number of ether oxygens (including phenoxy) is 3. The van der Waals surface area contributed by atoms with Crippen LogP contribution in [0.1, 0.15) is 146 Å². The molecule has 3 aromatic carbocycles. The van der Waals surface area contributed by atoms with E-state index >= 15 is 0 Å². The summed E-state index contributed by atoms with van der Waals surface area (Å²) in [7, 11) is 0. The molecule has 0 aliphatic carbocycles. The smallest absolute Gasteiger partial charge is 0.303 e. The molecule has 1 amide bonds. The molecule has 5 unspecified atom stereocenters. The Morgan fingerprint density at radius 2 is 1.36 bits per heavy atom. The first-order chi connectivity index (χ1) is 26.7. The van der Waals surface area contributed by atoms with Crippen molar-refractivity contribution in [3.05, 3.63) is 95.1 Å². The number of hydrogen-bond acceptors (Lipinski definition) is 7. The first-order valence-electron chi connectivity index (χ1n) is 21.1. The van der Waals surface area contributed by atoms with Gasteiger partial charge in [0.15, 0.2) is 12.4 Å². The maximum absolute atomic E-state index is 12.4. The molecule has 1 aliphatic rings. The molecule has 0 spiro atoms. The summed E-state index contributed by atoms with van der Waals surface area (Å²) >= 11 is 0. The molecule has 1 aliphatic heterocycles. The Labute approximate surface area is 331 Å². The molecular weight excluding hydrogens is 689 g/mol. The fourth-order valence-corrected chi connectivity index (χ4v) is 7.44. The van der Waals surface area contributed by atoms with Gasteiger partial charge < -0.3 is 29.5 Å². The van der Waals surface area contributed by atoms with Gasteiger partial charge in [0.1, 0.15) is 0 Å². The molecule has 2 N–H and O–H groups in total. The molecule has 1 saturated heterocycles. The van der Waals surface area contributed by atoms with Gasteiger partial charge in [0, 0.05) is 31.5 Å². The third-order valence-electron chi connectivity index (χ3n) is 10.8. The van der Waals surface area contributed by atoms with E-state index in [9.17, 15) is 14.7 Å². The first-order valence-corrected chi connectivity index (χ1v) is 21.1. The first kappa shape index (κ1) is 44.2. The normalized spacial score (nSPS) is 19.0. The SMILES string of the molecule is CCCCCCCCN(CCCCCCCC)CC1OC(c2ccc(-c3cccc(CNC(=O)C(C)OC(C)=O)c3)cc2)OC(c2ccc(CO)cc2)C1C. The fraction of sp³-hybridized carbons (Fsp3) is 0.574. The van der Waals surface area contributed by atoms with Gasteiger partial charge in [-0.05, 0) is 66.7 Å². The minimum atomic E-state index is -0.844. The van der Waals surface area contributed by atoms with Gasteiger partial charge in [-0.1, -0.05) is 152 Å². The molecule has 1 heterocycles. The maximum atomic E-state index is 12.4. The lowest BCUT2D eigenvalue weighted by molar-refractivity contribution is -0.276. The molecule has 3 aromatic rings. The molecule has 1 fully saturated rings. The number of rotatable bonds is 24. The van der Waals surface area contributed by atoms with Crippen LogP contribution >= 0.6 is 0 Å². The van der Waals surface area contributed by atoms with E-state index in [4.69, 9.17) is 14.2 Å². The van der Waals surface area contributed by atoms with Crippen LogP contribution in [0.3, 0.4) is 0 Å². The predicted molar refractivity (Wildman–Crippen MR) is 221 cm³/mol. The number of nitrogens with one attached hydrogen (secondary N) is 1. The van der Waals surface area contributed by atoms with Crippen molar-refractivity contribution in [1.82, 2.24) is 10.2 Å². The number of hydrogen-bond donors (Lipinski definition) is 2. The van der Waals surface area contributed by atoms with Crippen LogP contribution in [0.5, 0.6) is 0 Å². The molecule has 5 atom stereocenters. The Bertz CT molecular complexity index is 1530. The van der Waals surface area contributed by atoms with Crippen LogP contribution < -0.4 is 5.32 Å². The summed E-state index contributed by atoms with van der Waals surface area (Å²) in [6.45, 7) is 13.1. The predicted octanol–water partition coefficient (Wildman–Crippen LogP) is 10.2. The van der Waals surface area contributed by atoms with Crippen molar-refractivity contribution in [2.24, 2.45) is 5.92 Å². The summed E-state index contributed by atoms with van der Waals surface area (Å²) in [6.07, 6.45) is 13.9. The molecule has 0 saturated carbocycles. The minimum absolute atomic E-state index is 0.0146. The highest BCUT2D eigenvalue weighted by molar-refractivity contribution is 5.82. The number of carbonyl (C=O) groups excluding carboxylic acids is 2. The molecule has 0 aromatic heterocycles. The van der Waals surface area contributed by atoms with Crippen LogP contribution in [0.4, 0.5) is 0 Å². The van der Waals surface area contributed by atoms with E-state index in [-0.39, 0.29) is 30.6 Å². The Hall–Kier alpha value is -3.56. The van der Waals surface area contributed by atoms with Crippen molar-refractivity contribution in [1.29, 1.82) is 0 Å². The van der Waals surface area contributed by atoms with Crippen LogP contribution in [0.15, 0.2) is 72.8 Å². The van der Waals surface area contributed by atoms with Crippen LogP contribution in [-0.2, 0) is 37.0 Å². The zero-order valence-corrected chi connectivity index (χ0v) is 34.3. The summed E-state index contributed by atoms with van der Waals surface area (Å²) in [5.41, 5.74) is 5.99. The highest BCUT2D eigenvalue weighted by Crippen LogP contribution is 2.42. The van der Waals surface area contributed by atoms with Gasteiger partial charge in [-0.2, -0.15) is 0 Å². The number of unbranched alkanes of at least 4 members (excludes halogenated alkanes) is 10. The molecular formula is C47H68N2O6. The summed E-state index contributed by atoms with van der Waals surface area (Å²) in [5.74, 6) is -0.684. The van der Waals surface area contributed by atoms with E-state index in [2.05, 4.69) is 79.5 Å². The number of aliphatic hydroxyl groups excluding tert-OH is 1. The molecule has 4 rings (SSSR count). The fourth-order valence-electron chi connectivity index (χ4n) is 7.44. The quantitative estimate of drug-likeness (QED) is 0.0694. The minimum Gasteiger partial charge on any atom is -0.453 e. The lowest BCUT2D eigenvalue weighted by Crippen LogP contribution is -2.45. The zero-order chi connectivity index (χ0) is 39.4. The van der Waals surface area contributed by atoms with Crippen molar-refractivity contribution in [3.63, 3.8) is 0 Å². The van der Waals surface area contributed by atoms with Crippen LogP contribution in [0, 0.1) is 5.92 Å². The van der Waals surface area contributed by atoms with Crippen molar-refractivity contribution in [2.45, 2.75) is 149 Å². The Morgan fingerprint density at radius 3 is 1.96 bits per heavy atom. The van der Waals surface area contributed by atoms with Crippen molar-refractivity contribution in [3.8, 4) is 11.1 Å². The van der Waals surface area contributed by atoms with Gasteiger partial charge in [-0.3, -0.25) is 9.59 Å². The van der Waals surface area contributed by atoms with Crippen LogP contribution in [0.2, 0.25) is 0 Å². The monoisotopic (exact) mass is 757 g/mol. The summed E-state index contributed by atoms with van der Waals surface area (Å²) < 4.78 is 18.7. The summed E-state index contributed by atoms with van der Waals surface area (Å²) in [5, 5.41) is 12.6. The van der Waals surface area contributed by atoms with E-state index in [1.54, 1.807) is 6.92 Å². The number of aliphatic hydroxyl groups is 1. The molecule has 0 radical (unpaired) electrons. The molecule has 302 valence electrons. The topological polar surface area (TPSA) is 97.3 Å². The van der Waals surface area contributed by atoms with Gasteiger partial charge in [0.2, 0.25) is 0 Å². The second-order valence-electron chi connectivity index (χ2n) is 15.4. The van der Waals surface area contributed by atoms with Gasteiger partial charge in [-0.15, -0.1) is 0 Å². The molecule has 55 heavy (non-hydrogen) atoms. The largest absolute Gasteiger partial charge is 0.453 e. The average Bonchev–Trinajstić information content (AvgIpc) is 3.20. The highest BCUT2D eigenvalue weighted by atomic mass is 16.7. The second-order valence-corrected chi connectivity index (χ2v) is 15.4. The Morgan fingerprint density at radius 1 is 0.764 bits per heavy atom. The van der Waals surface area contributed by atoms with Crippen LogP contribution in [-0.4, -0.2) is 53.7 Å². The van der Waals surface area contributed by atoms with Gasteiger partial charge in [0.25, 0.3) is 5.91 Å². The lowest BCUT2D eigenvalue weighted by atomic mass is 9.89. The Kier molecular flexibility index (Phi) is 19.4. The van der Waals surface area contributed by atoms with Gasteiger partial charge >= 0.3 is 5.97 Å². The number of esters is 1. The van der Waals surface area contributed by atoms with Crippen molar-refractivity contribution >= 4 is 11.9 Å². The van der Waals surface area contributed by atoms with Gasteiger partial charge in [-0.25, -0.2) is 0 Å². The molecule has 8 heteroatoms. The summed E-state index contributed by atoms with van der Waals surface area (Å²) in [4.78, 5) is 26.3. The van der Waals surface area contributed by atoms with E-state index in [1.807, 2.05) is 24.3 Å². The third-order valence-corrected chi connectivity index (χ3v) is 10.8. The number of amides is 1. The maximum Gasteiger partial charge on any atom is 0.303 e. The second kappa shape index (κ2) is 24.2. The van der Waals surface area contributed by atoms with E-state index < -0.39 is 18.4 Å².